The second-order valence-corrected chi connectivity index (χ2v) is 6.27. The summed E-state index contributed by atoms with van der Waals surface area (Å²) in [5.41, 5.74) is 7.31. The summed E-state index contributed by atoms with van der Waals surface area (Å²) in [5, 5.41) is 15.0. The number of nitro benzene ring substituents is 1. The minimum Gasteiger partial charge on any atom is -0.278 e. The molecular weight excluding hydrogens is 380 g/mol. The van der Waals surface area contributed by atoms with Crippen molar-refractivity contribution < 1.29 is 4.92 Å². The summed E-state index contributed by atoms with van der Waals surface area (Å²) in [4.78, 5) is 23.7. The fourth-order valence-corrected chi connectivity index (χ4v) is 2.75. The van der Waals surface area contributed by atoms with Crippen molar-refractivity contribution in [2.75, 3.05) is 5.43 Å². The first-order chi connectivity index (χ1) is 14.7. The van der Waals surface area contributed by atoms with Crippen LogP contribution in [0.1, 0.15) is 5.56 Å². The number of nitrogens with one attached hydrogen (secondary N) is 1. The fourth-order valence-electron chi connectivity index (χ4n) is 2.75. The number of non-ortho nitro benzene ring substituents is 1. The van der Waals surface area contributed by atoms with Gasteiger partial charge in [-0.15, -0.1) is 0 Å². The van der Waals surface area contributed by atoms with E-state index in [1.807, 2.05) is 48.5 Å². The number of hydrogen-bond donors (Lipinski definition) is 1. The van der Waals surface area contributed by atoms with Crippen molar-refractivity contribution in [3.63, 3.8) is 0 Å². The molecule has 0 atom stereocenters. The molecule has 0 aliphatic carbocycles. The molecule has 30 heavy (non-hydrogen) atoms. The molecule has 0 aliphatic heterocycles. The Hall–Kier alpha value is -4.46. The van der Waals surface area contributed by atoms with E-state index >= 15 is 0 Å². The number of hydrogen-bond acceptors (Lipinski definition) is 7. The normalized spacial score (nSPS) is 10.8. The molecule has 0 saturated heterocycles. The minimum absolute atomic E-state index is 0.0363. The molecule has 8 nitrogen and oxygen atoms in total. The average molecular weight is 396 g/mol. The van der Waals surface area contributed by atoms with Gasteiger partial charge in [0.2, 0.25) is 0 Å². The van der Waals surface area contributed by atoms with Crippen LogP contribution in [0.5, 0.6) is 0 Å². The van der Waals surface area contributed by atoms with Crippen molar-refractivity contribution in [1.29, 1.82) is 0 Å². The first kappa shape index (κ1) is 18.9. The van der Waals surface area contributed by atoms with Crippen LogP contribution >= 0.6 is 0 Å². The van der Waals surface area contributed by atoms with E-state index < -0.39 is 4.92 Å². The summed E-state index contributed by atoms with van der Waals surface area (Å²) < 4.78 is 0. The summed E-state index contributed by atoms with van der Waals surface area (Å²) in [6.45, 7) is 0. The van der Waals surface area contributed by atoms with Gasteiger partial charge in [-0.25, -0.2) is 4.98 Å². The molecule has 1 aromatic carbocycles. The van der Waals surface area contributed by atoms with Crippen LogP contribution in [-0.4, -0.2) is 26.1 Å². The lowest BCUT2D eigenvalue weighted by Crippen LogP contribution is -1.97. The highest BCUT2D eigenvalue weighted by molar-refractivity contribution is 5.81. The third kappa shape index (κ3) is 4.50. The monoisotopic (exact) mass is 396 g/mol. The van der Waals surface area contributed by atoms with Crippen LogP contribution in [-0.2, 0) is 0 Å². The van der Waals surface area contributed by atoms with Crippen molar-refractivity contribution in [2.24, 2.45) is 5.10 Å². The van der Waals surface area contributed by atoms with Crippen molar-refractivity contribution in [2.45, 2.75) is 0 Å². The molecule has 0 fully saturated rings. The lowest BCUT2D eigenvalue weighted by atomic mass is 10.1. The van der Waals surface area contributed by atoms with E-state index in [0.717, 1.165) is 17.0 Å². The van der Waals surface area contributed by atoms with Crippen molar-refractivity contribution >= 4 is 17.6 Å². The summed E-state index contributed by atoms with van der Waals surface area (Å²) in [5.74, 6) is 0. The summed E-state index contributed by atoms with van der Waals surface area (Å²) >= 11 is 0. The molecule has 3 aromatic heterocycles. The lowest BCUT2D eigenvalue weighted by Gasteiger charge is -2.08. The Morgan fingerprint density at radius 2 is 1.43 bits per heavy atom. The third-order valence-electron chi connectivity index (χ3n) is 4.19. The Morgan fingerprint density at radius 1 is 0.833 bits per heavy atom. The van der Waals surface area contributed by atoms with E-state index in [0.29, 0.717) is 17.1 Å². The number of rotatable bonds is 6. The Bertz CT molecular complexity index is 1120. The molecule has 4 rings (SSSR count). The van der Waals surface area contributed by atoms with Gasteiger partial charge in [0, 0.05) is 24.5 Å². The van der Waals surface area contributed by atoms with Crippen LogP contribution in [0.25, 0.3) is 22.8 Å². The van der Waals surface area contributed by atoms with E-state index in [9.17, 15) is 10.1 Å². The molecule has 4 aromatic rings. The van der Waals surface area contributed by atoms with Crippen LogP contribution in [0.2, 0.25) is 0 Å². The van der Waals surface area contributed by atoms with E-state index in [-0.39, 0.29) is 5.69 Å². The minimum atomic E-state index is -0.436. The SMILES string of the molecule is O=[N+]([O-])c1ccc(/C=N/Nc2cc(-c3ccccn3)nc(-c3ccccn3)c2)cc1. The number of nitro groups is 1. The molecule has 0 radical (unpaired) electrons. The number of nitrogens with zero attached hydrogens (tertiary/aromatic N) is 5. The fraction of sp³-hybridized carbons (Fsp3) is 0. The molecule has 0 amide bonds. The molecule has 0 spiro atoms. The number of hydrazone groups is 1. The maximum absolute atomic E-state index is 10.8. The smallest absolute Gasteiger partial charge is 0.269 e. The molecule has 146 valence electrons. The second-order valence-electron chi connectivity index (χ2n) is 6.27. The maximum atomic E-state index is 10.8. The highest BCUT2D eigenvalue weighted by Crippen LogP contribution is 2.25. The molecule has 3 heterocycles. The average Bonchev–Trinajstić information content (AvgIpc) is 2.80. The van der Waals surface area contributed by atoms with E-state index in [2.05, 4.69) is 25.5 Å². The van der Waals surface area contributed by atoms with E-state index in [4.69, 9.17) is 0 Å². The zero-order chi connectivity index (χ0) is 20.8. The van der Waals surface area contributed by atoms with Gasteiger partial charge in [-0.1, -0.05) is 12.1 Å². The van der Waals surface area contributed by atoms with Crippen molar-refractivity contribution in [3.8, 4) is 22.8 Å². The highest BCUT2D eigenvalue weighted by Gasteiger charge is 2.08. The number of aromatic nitrogens is 3. The third-order valence-corrected chi connectivity index (χ3v) is 4.19. The summed E-state index contributed by atoms with van der Waals surface area (Å²) in [6, 6.07) is 21.1. The highest BCUT2D eigenvalue weighted by atomic mass is 16.6. The molecule has 1 N–H and O–H groups in total. The Morgan fingerprint density at radius 3 is 1.93 bits per heavy atom. The van der Waals surface area contributed by atoms with Gasteiger partial charge in [0.15, 0.2) is 0 Å². The quantitative estimate of drug-likeness (QED) is 0.291. The first-order valence-corrected chi connectivity index (χ1v) is 9.07. The number of anilines is 1. The predicted octanol–water partition coefficient (Wildman–Crippen LogP) is 4.56. The largest absolute Gasteiger partial charge is 0.278 e. The zero-order valence-electron chi connectivity index (χ0n) is 15.7. The number of pyridine rings is 3. The molecular formula is C22H16N6O2. The van der Waals surface area contributed by atoms with Crippen LogP contribution < -0.4 is 5.43 Å². The van der Waals surface area contributed by atoms with Crippen LogP contribution in [0.3, 0.4) is 0 Å². The van der Waals surface area contributed by atoms with Crippen molar-refractivity contribution in [1.82, 2.24) is 15.0 Å². The Balaban J connectivity index is 1.62. The second kappa shape index (κ2) is 8.70. The van der Waals surface area contributed by atoms with Crippen LogP contribution in [0.4, 0.5) is 11.4 Å². The van der Waals surface area contributed by atoms with Gasteiger partial charge < -0.3 is 0 Å². The Kier molecular flexibility index (Phi) is 5.47. The van der Waals surface area contributed by atoms with Gasteiger partial charge in [-0.2, -0.15) is 5.10 Å². The van der Waals surface area contributed by atoms with Gasteiger partial charge in [0.05, 0.1) is 39.6 Å². The molecule has 0 aliphatic rings. The zero-order valence-corrected chi connectivity index (χ0v) is 15.7. The van der Waals surface area contributed by atoms with E-state index in [1.54, 1.807) is 30.7 Å². The van der Waals surface area contributed by atoms with Crippen LogP contribution in [0.15, 0.2) is 90.3 Å². The Labute approximate surface area is 172 Å². The first-order valence-electron chi connectivity index (χ1n) is 9.07. The van der Waals surface area contributed by atoms with Gasteiger partial charge in [0.25, 0.3) is 5.69 Å². The van der Waals surface area contributed by atoms with Gasteiger partial charge >= 0.3 is 0 Å². The molecule has 0 saturated carbocycles. The van der Waals surface area contributed by atoms with Gasteiger partial charge in [0.1, 0.15) is 0 Å². The van der Waals surface area contributed by atoms with Gasteiger partial charge in [-0.3, -0.25) is 25.5 Å². The number of benzene rings is 1. The molecule has 8 heteroatoms. The molecule has 0 unspecified atom stereocenters. The van der Waals surface area contributed by atoms with Gasteiger partial charge in [-0.05, 0) is 54.1 Å². The summed E-state index contributed by atoms with van der Waals surface area (Å²) in [6.07, 6.45) is 5.01. The van der Waals surface area contributed by atoms with Crippen molar-refractivity contribution in [3.05, 3.63) is 101 Å². The maximum Gasteiger partial charge on any atom is 0.269 e. The standard InChI is InChI=1S/C22H16N6O2/c29-28(30)18-9-7-16(8-10-18)15-25-27-17-13-21(19-5-1-3-11-23-19)26-22(14-17)20-6-2-4-12-24-20/h1-15H,(H,26,27)/b25-15+. The summed E-state index contributed by atoms with van der Waals surface area (Å²) in [7, 11) is 0. The predicted molar refractivity (Wildman–Crippen MR) is 115 cm³/mol. The topological polar surface area (TPSA) is 106 Å². The van der Waals surface area contributed by atoms with E-state index in [1.165, 1.54) is 12.1 Å². The van der Waals surface area contributed by atoms with Crippen LogP contribution in [0, 0.1) is 10.1 Å². The lowest BCUT2D eigenvalue weighted by molar-refractivity contribution is -0.384. The molecule has 0 bridgehead atoms.